The van der Waals surface area contributed by atoms with Crippen molar-refractivity contribution in [2.75, 3.05) is 24.5 Å². The molecule has 96 valence electrons. The van der Waals surface area contributed by atoms with Crippen LogP contribution in [0.15, 0.2) is 4.42 Å². The molecule has 2 N–H and O–H groups in total. The smallest absolute Gasteiger partial charge is 0.318 e. The summed E-state index contributed by atoms with van der Waals surface area (Å²) in [7, 11) is 0. The summed E-state index contributed by atoms with van der Waals surface area (Å²) < 4.78 is 5.59. The summed E-state index contributed by atoms with van der Waals surface area (Å²) in [5.74, 6) is 1.33. The van der Waals surface area contributed by atoms with Crippen molar-refractivity contribution in [1.29, 1.82) is 0 Å². The second kappa shape index (κ2) is 4.64. The van der Waals surface area contributed by atoms with Crippen molar-refractivity contribution in [3.63, 3.8) is 0 Å². The minimum atomic E-state index is 0.342. The lowest BCUT2D eigenvalue weighted by Crippen LogP contribution is -2.25. The molecule has 1 saturated heterocycles. The maximum atomic E-state index is 5.59. The number of hydrogen-bond acceptors (Lipinski definition) is 5. The predicted molar refractivity (Wildman–Crippen MR) is 66.8 cm³/mol. The molecule has 2 heterocycles. The topological polar surface area (TPSA) is 68.2 Å². The highest BCUT2D eigenvalue weighted by Gasteiger charge is 2.33. The van der Waals surface area contributed by atoms with Crippen LogP contribution in [0.1, 0.15) is 33.1 Å². The molecule has 1 unspecified atom stereocenters. The summed E-state index contributed by atoms with van der Waals surface area (Å²) in [6, 6.07) is 0.653. The fraction of sp³-hybridized carbons (Fsp3) is 0.833. The van der Waals surface area contributed by atoms with Gasteiger partial charge in [-0.25, -0.2) is 0 Å². The summed E-state index contributed by atoms with van der Waals surface area (Å²) in [5, 5.41) is 8.09. The van der Waals surface area contributed by atoms with Gasteiger partial charge in [0.05, 0.1) is 0 Å². The van der Waals surface area contributed by atoms with E-state index >= 15 is 0 Å². The minimum absolute atomic E-state index is 0.342. The Kier molecular flexibility index (Phi) is 3.38. The van der Waals surface area contributed by atoms with Gasteiger partial charge in [0.15, 0.2) is 0 Å². The van der Waals surface area contributed by atoms with Crippen molar-refractivity contribution >= 4 is 6.01 Å². The van der Waals surface area contributed by atoms with Crippen molar-refractivity contribution in [3.8, 4) is 0 Å². The van der Waals surface area contributed by atoms with E-state index in [1.165, 1.54) is 6.42 Å². The average Bonchev–Trinajstić information content (AvgIpc) is 2.82. The van der Waals surface area contributed by atoms with Crippen molar-refractivity contribution < 1.29 is 4.42 Å². The van der Waals surface area contributed by atoms with E-state index in [0.29, 0.717) is 36.2 Å². The zero-order valence-corrected chi connectivity index (χ0v) is 10.9. The SMILES string of the molecule is CC(C)(C)C1CCN(c2nnc(CCN)o2)C1. The first-order chi connectivity index (χ1) is 8.00. The van der Waals surface area contributed by atoms with Gasteiger partial charge in [-0.1, -0.05) is 25.9 Å². The summed E-state index contributed by atoms with van der Waals surface area (Å²) >= 11 is 0. The fourth-order valence-corrected chi connectivity index (χ4v) is 2.24. The molecular formula is C12H22N4O. The van der Waals surface area contributed by atoms with E-state index in [1.807, 2.05) is 0 Å². The summed E-state index contributed by atoms with van der Waals surface area (Å²) in [6.45, 7) is 9.42. The third-order valence-electron chi connectivity index (χ3n) is 3.50. The minimum Gasteiger partial charge on any atom is -0.408 e. The molecule has 1 aliphatic heterocycles. The highest BCUT2D eigenvalue weighted by Crippen LogP contribution is 2.35. The molecule has 1 aliphatic rings. The van der Waals surface area contributed by atoms with Crippen molar-refractivity contribution in [2.45, 2.75) is 33.6 Å². The molecule has 0 amide bonds. The Labute approximate surface area is 102 Å². The Balaban J connectivity index is 2.00. The quantitative estimate of drug-likeness (QED) is 0.863. The molecule has 1 atom stereocenters. The summed E-state index contributed by atoms with van der Waals surface area (Å²) in [6.07, 6.45) is 1.85. The van der Waals surface area contributed by atoms with Gasteiger partial charge in [-0.3, -0.25) is 0 Å². The van der Waals surface area contributed by atoms with Crippen molar-refractivity contribution in [3.05, 3.63) is 5.89 Å². The normalized spacial score (nSPS) is 21.2. The van der Waals surface area contributed by atoms with Crippen LogP contribution in [-0.2, 0) is 6.42 Å². The molecule has 0 aliphatic carbocycles. The molecule has 0 aromatic carbocycles. The fourth-order valence-electron chi connectivity index (χ4n) is 2.24. The number of rotatable bonds is 3. The van der Waals surface area contributed by atoms with Crippen LogP contribution in [0.3, 0.4) is 0 Å². The number of aromatic nitrogens is 2. The maximum Gasteiger partial charge on any atom is 0.318 e. The highest BCUT2D eigenvalue weighted by molar-refractivity contribution is 5.26. The van der Waals surface area contributed by atoms with E-state index in [2.05, 4.69) is 35.9 Å². The lowest BCUT2D eigenvalue weighted by molar-refractivity contribution is 0.263. The zero-order chi connectivity index (χ0) is 12.5. The molecule has 1 aromatic rings. The van der Waals surface area contributed by atoms with Crippen molar-refractivity contribution in [1.82, 2.24) is 10.2 Å². The van der Waals surface area contributed by atoms with E-state index in [-0.39, 0.29) is 0 Å². The van der Waals surface area contributed by atoms with Crippen LogP contribution in [0.5, 0.6) is 0 Å². The highest BCUT2D eigenvalue weighted by atomic mass is 16.4. The summed E-state index contributed by atoms with van der Waals surface area (Å²) in [4.78, 5) is 2.18. The van der Waals surface area contributed by atoms with Crippen LogP contribution in [0.4, 0.5) is 6.01 Å². The Bertz CT molecular complexity index is 369. The van der Waals surface area contributed by atoms with Crippen LogP contribution in [0, 0.1) is 11.3 Å². The van der Waals surface area contributed by atoms with Gasteiger partial charge in [-0.05, 0) is 17.8 Å². The zero-order valence-electron chi connectivity index (χ0n) is 10.9. The van der Waals surface area contributed by atoms with E-state index in [0.717, 1.165) is 13.1 Å². The van der Waals surface area contributed by atoms with Crippen LogP contribution in [0.25, 0.3) is 0 Å². The van der Waals surface area contributed by atoms with Gasteiger partial charge in [0.1, 0.15) is 0 Å². The third kappa shape index (κ3) is 2.77. The standard InChI is InChI=1S/C12H22N4O/c1-12(2,3)9-5-7-16(8-9)11-15-14-10(17-11)4-6-13/h9H,4-8,13H2,1-3H3. The van der Waals surface area contributed by atoms with Crippen molar-refractivity contribution in [2.24, 2.45) is 17.1 Å². The van der Waals surface area contributed by atoms with Crippen LogP contribution < -0.4 is 10.6 Å². The monoisotopic (exact) mass is 238 g/mol. The second-order valence-electron chi connectivity index (χ2n) is 5.81. The Morgan fingerprint density at radius 1 is 1.41 bits per heavy atom. The van der Waals surface area contributed by atoms with Gasteiger partial charge in [0, 0.05) is 26.1 Å². The molecule has 5 heteroatoms. The van der Waals surface area contributed by atoms with Crippen LogP contribution in [-0.4, -0.2) is 29.8 Å². The molecule has 1 aromatic heterocycles. The first kappa shape index (κ1) is 12.4. The third-order valence-corrected chi connectivity index (χ3v) is 3.50. The Morgan fingerprint density at radius 3 is 2.76 bits per heavy atom. The van der Waals surface area contributed by atoms with Gasteiger partial charge in [-0.15, -0.1) is 5.10 Å². The molecule has 0 spiro atoms. The van der Waals surface area contributed by atoms with Gasteiger partial charge in [0.2, 0.25) is 5.89 Å². The number of nitrogens with zero attached hydrogens (tertiary/aromatic N) is 3. The summed E-state index contributed by atoms with van der Waals surface area (Å²) in [5.41, 5.74) is 5.80. The molecular weight excluding hydrogens is 216 g/mol. The van der Waals surface area contributed by atoms with Gasteiger partial charge < -0.3 is 15.1 Å². The first-order valence-electron chi connectivity index (χ1n) is 6.28. The molecule has 17 heavy (non-hydrogen) atoms. The average molecular weight is 238 g/mol. The first-order valence-corrected chi connectivity index (χ1v) is 6.28. The Hall–Kier alpha value is -1.10. The molecule has 5 nitrogen and oxygen atoms in total. The van der Waals surface area contributed by atoms with E-state index in [4.69, 9.17) is 10.2 Å². The van der Waals surface area contributed by atoms with E-state index in [1.54, 1.807) is 0 Å². The Morgan fingerprint density at radius 2 is 2.18 bits per heavy atom. The maximum absolute atomic E-state index is 5.59. The van der Waals surface area contributed by atoms with Gasteiger partial charge in [0.25, 0.3) is 0 Å². The lowest BCUT2D eigenvalue weighted by atomic mass is 9.80. The van der Waals surface area contributed by atoms with Gasteiger partial charge >= 0.3 is 6.01 Å². The lowest BCUT2D eigenvalue weighted by Gasteiger charge is -2.26. The van der Waals surface area contributed by atoms with E-state index in [9.17, 15) is 0 Å². The molecule has 2 rings (SSSR count). The molecule has 0 bridgehead atoms. The van der Waals surface area contributed by atoms with Crippen LogP contribution in [0.2, 0.25) is 0 Å². The van der Waals surface area contributed by atoms with Gasteiger partial charge in [-0.2, -0.15) is 0 Å². The number of nitrogens with two attached hydrogens (primary N) is 1. The van der Waals surface area contributed by atoms with Crippen LogP contribution >= 0.6 is 0 Å². The van der Waals surface area contributed by atoms with E-state index < -0.39 is 0 Å². The molecule has 0 saturated carbocycles. The molecule has 0 radical (unpaired) electrons. The number of hydrogen-bond donors (Lipinski definition) is 1. The predicted octanol–water partition coefficient (Wildman–Crippen LogP) is 1.44. The number of anilines is 1. The largest absolute Gasteiger partial charge is 0.408 e. The molecule has 1 fully saturated rings. The second-order valence-corrected chi connectivity index (χ2v) is 5.81.